The molecule has 0 aliphatic carbocycles. The summed E-state index contributed by atoms with van der Waals surface area (Å²) in [6.45, 7) is 6.38. The molecule has 1 aliphatic heterocycles. The van der Waals surface area contributed by atoms with Gasteiger partial charge >= 0.3 is 0 Å². The SMILES string of the molecule is Cc1cccc(C(=O)N2CCCCC2C(=O)Nc2ccc(-n3nc(C)cc3C)cc2)n1. The highest BCUT2D eigenvalue weighted by Crippen LogP contribution is 2.22. The molecule has 0 radical (unpaired) electrons. The quantitative estimate of drug-likeness (QED) is 0.700. The highest BCUT2D eigenvalue weighted by molar-refractivity contribution is 6.00. The van der Waals surface area contributed by atoms with Crippen molar-refractivity contribution in [2.24, 2.45) is 0 Å². The molecule has 1 aromatic carbocycles. The van der Waals surface area contributed by atoms with Crippen LogP contribution in [-0.4, -0.2) is 44.1 Å². The van der Waals surface area contributed by atoms with Crippen molar-refractivity contribution in [2.75, 3.05) is 11.9 Å². The van der Waals surface area contributed by atoms with E-state index in [9.17, 15) is 9.59 Å². The Morgan fingerprint density at radius 2 is 1.77 bits per heavy atom. The Bertz CT molecular complexity index is 1100. The van der Waals surface area contributed by atoms with E-state index in [1.807, 2.05) is 67.9 Å². The second-order valence-electron chi connectivity index (χ2n) is 8.05. The minimum atomic E-state index is -0.501. The number of aryl methyl sites for hydroxylation is 3. The van der Waals surface area contributed by atoms with Gasteiger partial charge in [-0.25, -0.2) is 9.67 Å². The van der Waals surface area contributed by atoms with Gasteiger partial charge < -0.3 is 10.2 Å². The lowest BCUT2D eigenvalue weighted by molar-refractivity contribution is -0.121. The first-order valence-electron chi connectivity index (χ1n) is 10.6. The Labute approximate surface area is 182 Å². The van der Waals surface area contributed by atoms with Crippen molar-refractivity contribution in [1.29, 1.82) is 0 Å². The number of piperidine rings is 1. The Balaban J connectivity index is 1.48. The van der Waals surface area contributed by atoms with Gasteiger partial charge in [-0.3, -0.25) is 9.59 Å². The summed E-state index contributed by atoms with van der Waals surface area (Å²) >= 11 is 0. The molecule has 160 valence electrons. The van der Waals surface area contributed by atoms with Crippen LogP contribution < -0.4 is 5.32 Å². The van der Waals surface area contributed by atoms with Gasteiger partial charge in [-0.15, -0.1) is 0 Å². The van der Waals surface area contributed by atoms with Crippen LogP contribution in [0.2, 0.25) is 0 Å². The minimum Gasteiger partial charge on any atom is -0.325 e. The fourth-order valence-corrected chi connectivity index (χ4v) is 4.06. The van der Waals surface area contributed by atoms with Gasteiger partial charge in [0.15, 0.2) is 0 Å². The van der Waals surface area contributed by atoms with Crippen molar-refractivity contribution in [3.8, 4) is 5.69 Å². The summed E-state index contributed by atoms with van der Waals surface area (Å²) in [5.74, 6) is -0.358. The first-order chi connectivity index (χ1) is 14.9. The average Bonchev–Trinajstić information content (AvgIpc) is 3.11. The predicted molar refractivity (Wildman–Crippen MR) is 119 cm³/mol. The second kappa shape index (κ2) is 8.71. The molecule has 0 saturated carbocycles. The lowest BCUT2D eigenvalue weighted by Gasteiger charge is -2.34. The molecule has 7 nitrogen and oxygen atoms in total. The van der Waals surface area contributed by atoms with E-state index < -0.39 is 6.04 Å². The molecule has 1 N–H and O–H groups in total. The number of carbonyl (C=O) groups excluding carboxylic acids is 2. The number of hydrogen-bond acceptors (Lipinski definition) is 4. The van der Waals surface area contributed by atoms with Crippen LogP contribution in [0.3, 0.4) is 0 Å². The Morgan fingerprint density at radius 3 is 2.45 bits per heavy atom. The number of benzene rings is 1. The number of amides is 2. The molecule has 1 unspecified atom stereocenters. The number of pyridine rings is 1. The molecule has 4 rings (SSSR count). The third kappa shape index (κ3) is 4.50. The molecule has 1 aliphatic rings. The lowest BCUT2D eigenvalue weighted by atomic mass is 10.0. The second-order valence-corrected chi connectivity index (χ2v) is 8.05. The Morgan fingerprint density at radius 1 is 1.00 bits per heavy atom. The first kappa shape index (κ1) is 20.8. The van der Waals surface area contributed by atoms with Gasteiger partial charge in [0.25, 0.3) is 5.91 Å². The van der Waals surface area contributed by atoms with Gasteiger partial charge in [-0.1, -0.05) is 6.07 Å². The summed E-state index contributed by atoms with van der Waals surface area (Å²) in [7, 11) is 0. The summed E-state index contributed by atoms with van der Waals surface area (Å²) in [4.78, 5) is 32.1. The molecule has 3 heterocycles. The van der Waals surface area contributed by atoms with E-state index in [1.165, 1.54) is 0 Å². The average molecular weight is 418 g/mol. The number of hydrogen-bond donors (Lipinski definition) is 1. The molecule has 2 amide bonds. The fourth-order valence-electron chi connectivity index (χ4n) is 4.06. The molecule has 1 fully saturated rings. The zero-order valence-corrected chi connectivity index (χ0v) is 18.1. The topological polar surface area (TPSA) is 80.1 Å². The van der Waals surface area contributed by atoms with Crippen LogP contribution in [0.4, 0.5) is 5.69 Å². The number of anilines is 1. The van der Waals surface area contributed by atoms with Crippen molar-refractivity contribution in [3.05, 3.63) is 71.3 Å². The van der Waals surface area contributed by atoms with Crippen LogP contribution in [0, 0.1) is 20.8 Å². The minimum absolute atomic E-state index is 0.167. The number of likely N-dealkylation sites (tertiary alicyclic amines) is 1. The zero-order chi connectivity index (χ0) is 22.0. The van der Waals surface area contributed by atoms with E-state index >= 15 is 0 Å². The van der Waals surface area contributed by atoms with Crippen molar-refractivity contribution < 1.29 is 9.59 Å². The van der Waals surface area contributed by atoms with Gasteiger partial charge in [0.05, 0.1) is 11.4 Å². The van der Waals surface area contributed by atoms with Gasteiger partial charge in [0.2, 0.25) is 5.91 Å². The molecular formula is C24H27N5O2. The Hall–Kier alpha value is -3.48. The van der Waals surface area contributed by atoms with E-state index in [2.05, 4.69) is 15.4 Å². The number of rotatable bonds is 4. The van der Waals surface area contributed by atoms with Gasteiger partial charge in [-0.2, -0.15) is 5.10 Å². The molecule has 31 heavy (non-hydrogen) atoms. The van der Waals surface area contributed by atoms with Crippen LogP contribution in [0.5, 0.6) is 0 Å². The third-order valence-corrected chi connectivity index (χ3v) is 5.56. The summed E-state index contributed by atoms with van der Waals surface area (Å²) in [5, 5.41) is 7.46. The number of nitrogens with zero attached hydrogens (tertiary/aromatic N) is 4. The van der Waals surface area contributed by atoms with Crippen LogP contribution in [-0.2, 0) is 4.79 Å². The maximum atomic E-state index is 13.1. The highest BCUT2D eigenvalue weighted by Gasteiger charge is 2.33. The van der Waals surface area contributed by atoms with Gasteiger partial charge in [0, 0.05) is 23.6 Å². The maximum absolute atomic E-state index is 13.1. The fraction of sp³-hybridized carbons (Fsp3) is 0.333. The van der Waals surface area contributed by atoms with Crippen molar-refractivity contribution >= 4 is 17.5 Å². The van der Waals surface area contributed by atoms with E-state index in [-0.39, 0.29) is 11.8 Å². The molecule has 1 atom stereocenters. The smallest absolute Gasteiger partial charge is 0.273 e. The summed E-state index contributed by atoms with van der Waals surface area (Å²) in [6.07, 6.45) is 2.45. The number of nitrogens with one attached hydrogen (secondary N) is 1. The van der Waals surface area contributed by atoms with Crippen LogP contribution >= 0.6 is 0 Å². The molecular weight excluding hydrogens is 390 g/mol. The zero-order valence-electron chi connectivity index (χ0n) is 18.1. The molecule has 1 saturated heterocycles. The largest absolute Gasteiger partial charge is 0.325 e. The lowest BCUT2D eigenvalue weighted by Crippen LogP contribution is -2.50. The molecule has 2 aromatic heterocycles. The predicted octanol–water partition coefficient (Wildman–Crippen LogP) is 3.83. The maximum Gasteiger partial charge on any atom is 0.273 e. The van der Waals surface area contributed by atoms with E-state index in [0.29, 0.717) is 24.3 Å². The number of aromatic nitrogens is 3. The van der Waals surface area contributed by atoms with Crippen molar-refractivity contribution in [2.45, 2.75) is 46.1 Å². The molecule has 3 aromatic rings. The standard InChI is InChI=1S/C24H27N5O2/c1-16-7-6-8-21(25-16)24(31)28-14-5-4-9-22(28)23(30)26-19-10-12-20(13-11-19)29-18(3)15-17(2)27-29/h6-8,10-13,15,22H,4-5,9,14H2,1-3H3,(H,26,30). The first-order valence-corrected chi connectivity index (χ1v) is 10.6. The summed E-state index contributed by atoms with van der Waals surface area (Å²) in [5.41, 5.74) is 4.81. The summed E-state index contributed by atoms with van der Waals surface area (Å²) < 4.78 is 1.87. The van der Waals surface area contributed by atoms with Crippen LogP contribution in [0.15, 0.2) is 48.5 Å². The van der Waals surface area contributed by atoms with Crippen LogP contribution in [0.1, 0.15) is 46.8 Å². The van der Waals surface area contributed by atoms with Crippen LogP contribution in [0.25, 0.3) is 5.69 Å². The van der Waals surface area contributed by atoms with Gasteiger partial charge in [0.1, 0.15) is 11.7 Å². The number of carbonyl (C=O) groups is 2. The molecule has 0 spiro atoms. The van der Waals surface area contributed by atoms with E-state index in [0.717, 1.165) is 35.6 Å². The van der Waals surface area contributed by atoms with Crippen molar-refractivity contribution in [1.82, 2.24) is 19.7 Å². The van der Waals surface area contributed by atoms with Crippen molar-refractivity contribution in [3.63, 3.8) is 0 Å². The highest BCUT2D eigenvalue weighted by atomic mass is 16.2. The van der Waals surface area contributed by atoms with Gasteiger partial charge in [-0.05, 0) is 82.5 Å². The van der Waals surface area contributed by atoms with E-state index in [4.69, 9.17) is 0 Å². The molecule has 0 bridgehead atoms. The molecule has 7 heteroatoms. The summed E-state index contributed by atoms with van der Waals surface area (Å²) in [6, 6.07) is 14.5. The third-order valence-electron chi connectivity index (χ3n) is 5.56. The Kier molecular flexibility index (Phi) is 5.84. The normalized spacial score (nSPS) is 16.2. The monoisotopic (exact) mass is 417 g/mol. The van der Waals surface area contributed by atoms with E-state index in [1.54, 1.807) is 11.0 Å².